The van der Waals surface area contributed by atoms with Crippen LogP contribution in [0.5, 0.6) is 11.5 Å². The molecule has 29 heavy (non-hydrogen) atoms. The standard InChI is InChI=1S/C19H31IO8S/c20-1-2-21-3-4-22-5-6-23-7-8-24-9-10-25-11-12-26-13-17-14-27-18-15-29-16-19(18)28-17/h15-17H,1-14H2. The molecule has 0 saturated carbocycles. The molecular weight excluding hydrogens is 515 g/mol. The van der Waals surface area contributed by atoms with Gasteiger partial charge in [-0.1, -0.05) is 22.6 Å². The highest BCUT2D eigenvalue weighted by atomic mass is 127. The second-order valence-electron chi connectivity index (χ2n) is 5.98. The topological polar surface area (TPSA) is 73.8 Å². The average Bonchev–Trinajstić information content (AvgIpc) is 3.21. The molecule has 168 valence electrons. The minimum Gasteiger partial charge on any atom is -0.485 e. The monoisotopic (exact) mass is 546 g/mol. The Kier molecular flexibility index (Phi) is 15.1. The van der Waals surface area contributed by atoms with Crippen molar-refractivity contribution >= 4 is 33.9 Å². The highest BCUT2D eigenvalue weighted by Gasteiger charge is 2.21. The quantitative estimate of drug-likeness (QED) is 0.149. The molecule has 1 aromatic heterocycles. The van der Waals surface area contributed by atoms with Crippen molar-refractivity contribution in [1.29, 1.82) is 0 Å². The fourth-order valence-corrected chi connectivity index (χ4v) is 3.29. The molecular formula is C19H31IO8S. The predicted molar refractivity (Wildman–Crippen MR) is 118 cm³/mol. The van der Waals surface area contributed by atoms with E-state index >= 15 is 0 Å². The van der Waals surface area contributed by atoms with Crippen molar-refractivity contribution in [2.45, 2.75) is 6.10 Å². The van der Waals surface area contributed by atoms with Gasteiger partial charge in [-0.2, -0.15) is 0 Å². The minimum absolute atomic E-state index is 0.0695. The Labute approximate surface area is 190 Å². The molecule has 10 heteroatoms. The van der Waals surface area contributed by atoms with Crippen LogP contribution < -0.4 is 9.47 Å². The summed E-state index contributed by atoms with van der Waals surface area (Å²) in [5, 5.41) is 3.88. The third kappa shape index (κ3) is 12.3. The van der Waals surface area contributed by atoms with Crippen molar-refractivity contribution in [2.75, 3.05) is 90.3 Å². The summed E-state index contributed by atoms with van der Waals surface area (Å²) in [5.41, 5.74) is 0. The van der Waals surface area contributed by atoms with Gasteiger partial charge in [0.2, 0.25) is 0 Å². The Balaban J connectivity index is 1.24. The Morgan fingerprint density at radius 3 is 1.76 bits per heavy atom. The second-order valence-corrected chi connectivity index (χ2v) is 7.80. The van der Waals surface area contributed by atoms with Crippen molar-refractivity contribution in [3.05, 3.63) is 10.8 Å². The van der Waals surface area contributed by atoms with Crippen LogP contribution in [0.15, 0.2) is 10.8 Å². The summed E-state index contributed by atoms with van der Waals surface area (Å²) >= 11 is 3.85. The van der Waals surface area contributed by atoms with Gasteiger partial charge < -0.3 is 37.9 Å². The predicted octanol–water partition coefficient (Wildman–Crippen LogP) is 2.42. The molecule has 1 unspecified atom stereocenters. The zero-order valence-corrected chi connectivity index (χ0v) is 19.7. The van der Waals surface area contributed by atoms with E-state index in [4.69, 9.17) is 37.9 Å². The summed E-state index contributed by atoms with van der Waals surface area (Å²) in [4.78, 5) is 0. The number of ether oxygens (including phenoxy) is 8. The van der Waals surface area contributed by atoms with E-state index < -0.39 is 0 Å². The molecule has 0 saturated heterocycles. The molecule has 1 aliphatic rings. The summed E-state index contributed by atoms with van der Waals surface area (Å²) in [7, 11) is 0. The van der Waals surface area contributed by atoms with Gasteiger partial charge in [0.15, 0.2) is 17.6 Å². The maximum atomic E-state index is 5.78. The van der Waals surface area contributed by atoms with Crippen LogP contribution in [0, 0.1) is 0 Å². The van der Waals surface area contributed by atoms with Gasteiger partial charge in [0, 0.05) is 15.2 Å². The lowest BCUT2D eigenvalue weighted by Gasteiger charge is -2.24. The molecule has 2 heterocycles. The molecule has 1 aromatic rings. The lowest BCUT2D eigenvalue weighted by molar-refractivity contribution is -0.0283. The summed E-state index contributed by atoms with van der Waals surface area (Å²) in [6.45, 7) is 7.35. The molecule has 0 spiro atoms. The SMILES string of the molecule is ICCOCCOCCOCCOCCOCCOCC1COc2cscc2O1. The van der Waals surface area contributed by atoms with E-state index in [0.29, 0.717) is 79.3 Å². The molecule has 0 radical (unpaired) electrons. The summed E-state index contributed by atoms with van der Waals surface area (Å²) in [6.07, 6.45) is -0.0695. The van der Waals surface area contributed by atoms with Gasteiger partial charge in [0.05, 0.1) is 79.3 Å². The van der Waals surface area contributed by atoms with Gasteiger partial charge in [0.25, 0.3) is 0 Å². The van der Waals surface area contributed by atoms with Gasteiger partial charge >= 0.3 is 0 Å². The van der Waals surface area contributed by atoms with E-state index in [1.807, 2.05) is 10.8 Å². The highest BCUT2D eigenvalue weighted by Crippen LogP contribution is 2.35. The molecule has 0 amide bonds. The van der Waals surface area contributed by atoms with Gasteiger partial charge in [0.1, 0.15) is 6.61 Å². The molecule has 0 bridgehead atoms. The second kappa shape index (κ2) is 17.5. The van der Waals surface area contributed by atoms with Gasteiger partial charge in [-0.3, -0.25) is 0 Å². The van der Waals surface area contributed by atoms with E-state index in [1.54, 1.807) is 11.3 Å². The fourth-order valence-electron chi connectivity index (χ4n) is 2.31. The molecule has 0 aromatic carbocycles. The van der Waals surface area contributed by atoms with Crippen molar-refractivity contribution in [2.24, 2.45) is 0 Å². The number of alkyl halides is 1. The van der Waals surface area contributed by atoms with Crippen LogP contribution in [0.1, 0.15) is 0 Å². The van der Waals surface area contributed by atoms with Gasteiger partial charge in [-0.15, -0.1) is 11.3 Å². The Morgan fingerprint density at radius 2 is 1.21 bits per heavy atom. The van der Waals surface area contributed by atoms with Crippen molar-refractivity contribution in [3.63, 3.8) is 0 Å². The van der Waals surface area contributed by atoms with Crippen LogP contribution in [0.25, 0.3) is 0 Å². The van der Waals surface area contributed by atoms with E-state index in [0.717, 1.165) is 22.5 Å². The first-order valence-corrected chi connectivity index (χ1v) is 12.2. The molecule has 0 fully saturated rings. The van der Waals surface area contributed by atoms with E-state index in [1.165, 1.54) is 0 Å². The largest absolute Gasteiger partial charge is 0.485 e. The zero-order valence-electron chi connectivity index (χ0n) is 16.7. The van der Waals surface area contributed by atoms with E-state index in [-0.39, 0.29) is 6.10 Å². The minimum atomic E-state index is -0.0695. The summed E-state index contributed by atoms with van der Waals surface area (Å²) < 4.78 is 45.0. The van der Waals surface area contributed by atoms with Crippen molar-refractivity contribution < 1.29 is 37.9 Å². The number of fused-ring (bicyclic) bond motifs is 1. The smallest absolute Gasteiger partial charge is 0.172 e. The van der Waals surface area contributed by atoms with Crippen LogP contribution in [0.3, 0.4) is 0 Å². The molecule has 8 nitrogen and oxygen atoms in total. The van der Waals surface area contributed by atoms with E-state index in [2.05, 4.69) is 22.6 Å². The van der Waals surface area contributed by atoms with Crippen LogP contribution >= 0.6 is 33.9 Å². The third-order valence-corrected chi connectivity index (χ3v) is 4.84. The highest BCUT2D eigenvalue weighted by molar-refractivity contribution is 14.1. The zero-order chi connectivity index (χ0) is 20.4. The normalized spacial score (nSPS) is 15.7. The van der Waals surface area contributed by atoms with Crippen molar-refractivity contribution in [3.8, 4) is 11.5 Å². The number of thiophene rings is 1. The molecule has 0 N–H and O–H groups in total. The number of hydrogen-bond donors (Lipinski definition) is 0. The van der Waals surface area contributed by atoms with Crippen LogP contribution in [-0.2, 0) is 28.4 Å². The number of rotatable bonds is 19. The maximum Gasteiger partial charge on any atom is 0.172 e. The van der Waals surface area contributed by atoms with Crippen LogP contribution in [0.2, 0.25) is 0 Å². The number of hydrogen-bond acceptors (Lipinski definition) is 9. The first-order chi connectivity index (χ1) is 14.4. The molecule has 1 aliphatic heterocycles. The van der Waals surface area contributed by atoms with Crippen LogP contribution in [0.4, 0.5) is 0 Å². The molecule has 2 rings (SSSR count). The van der Waals surface area contributed by atoms with Crippen LogP contribution in [-0.4, -0.2) is 96.4 Å². The Bertz CT molecular complexity index is 504. The average molecular weight is 546 g/mol. The molecule has 1 atom stereocenters. The Hall–Kier alpha value is -0.210. The first-order valence-electron chi connectivity index (χ1n) is 9.78. The first kappa shape index (κ1) is 25.1. The van der Waals surface area contributed by atoms with Crippen molar-refractivity contribution in [1.82, 2.24) is 0 Å². The lowest BCUT2D eigenvalue weighted by Crippen LogP contribution is -2.33. The Morgan fingerprint density at radius 1 is 0.724 bits per heavy atom. The summed E-state index contributed by atoms with van der Waals surface area (Å²) in [6, 6.07) is 0. The summed E-state index contributed by atoms with van der Waals surface area (Å²) in [5.74, 6) is 1.62. The third-order valence-electron chi connectivity index (χ3n) is 3.70. The molecule has 0 aliphatic carbocycles. The van der Waals surface area contributed by atoms with Gasteiger partial charge in [-0.05, 0) is 0 Å². The lowest BCUT2D eigenvalue weighted by atomic mass is 10.3. The maximum absolute atomic E-state index is 5.78. The fraction of sp³-hybridized carbons (Fsp3) is 0.789. The van der Waals surface area contributed by atoms with E-state index in [9.17, 15) is 0 Å². The van der Waals surface area contributed by atoms with Gasteiger partial charge in [-0.25, -0.2) is 0 Å². The number of halogens is 1.